The van der Waals surface area contributed by atoms with E-state index in [0.717, 1.165) is 0 Å². The summed E-state index contributed by atoms with van der Waals surface area (Å²) in [7, 11) is 1.58. The van der Waals surface area contributed by atoms with Crippen LogP contribution >= 0.6 is 11.6 Å². The van der Waals surface area contributed by atoms with E-state index in [1.165, 1.54) is 12.1 Å². The number of halogens is 2. The molecule has 0 aliphatic heterocycles. The number of hydrogen-bond acceptors (Lipinski definition) is 2. The maximum Gasteiger partial charge on any atom is 0.138 e. The van der Waals surface area contributed by atoms with E-state index in [1.54, 1.807) is 13.2 Å². The average molecular weight is 257 g/mol. The lowest BCUT2D eigenvalue weighted by Gasteiger charge is -2.15. The Kier molecular flexibility index (Phi) is 5.82. The summed E-state index contributed by atoms with van der Waals surface area (Å²) >= 11 is 5.48. The molecular weight excluding hydrogens is 243 g/mol. The summed E-state index contributed by atoms with van der Waals surface area (Å²) in [6.07, 6.45) is -0.168. The van der Waals surface area contributed by atoms with Crippen molar-refractivity contribution in [2.75, 3.05) is 19.6 Å². The number of methoxy groups -OCH3 is 1. The quantitative estimate of drug-likeness (QED) is 0.609. The van der Waals surface area contributed by atoms with E-state index >= 15 is 0 Å². The van der Waals surface area contributed by atoms with Crippen molar-refractivity contribution in [3.05, 3.63) is 29.6 Å². The van der Waals surface area contributed by atoms with Gasteiger partial charge in [0.25, 0.3) is 0 Å². The minimum atomic E-state index is -0.360. The topological polar surface area (TPSA) is 18.5 Å². The van der Waals surface area contributed by atoms with Gasteiger partial charge in [0.15, 0.2) is 0 Å². The van der Waals surface area contributed by atoms with E-state index < -0.39 is 0 Å². The normalized spacial score (nSPS) is 11.5. The van der Waals surface area contributed by atoms with Crippen LogP contribution in [0.4, 0.5) is 4.39 Å². The molecule has 0 bridgehead atoms. The molecule has 0 saturated heterocycles. The maximum absolute atomic E-state index is 13.1. The van der Waals surface area contributed by atoms with E-state index in [9.17, 15) is 4.39 Å². The molecule has 92 valence electrons. The van der Waals surface area contributed by atoms with Gasteiger partial charge in [0.2, 0.25) is 0 Å². The minimum Gasteiger partial charge on any atom is -0.487 e. The molecular formula is C13H14ClFO2. The lowest BCUT2D eigenvalue weighted by molar-refractivity contribution is 0.0917. The van der Waals surface area contributed by atoms with Crippen LogP contribution in [0.5, 0.6) is 5.75 Å². The van der Waals surface area contributed by atoms with Crippen molar-refractivity contribution < 1.29 is 13.9 Å². The highest BCUT2D eigenvalue weighted by atomic mass is 35.5. The van der Waals surface area contributed by atoms with Crippen LogP contribution in [0, 0.1) is 17.7 Å². The summed E-state index contributed by atoms with van der Waals surface area (Å²) in [5.74, 6) is 5.81. The molecule has 0 aliphatic carbocycles. The van der Waals surface area contributed by atoms with Gasteiger partial charge in [-0.15, -0.1) is 11.6 Å². The van der Waals surface area contributed by atoms with Crippen LogP contribution in [0.1, 0.15) is 12.5 Å². The molecule has 4 heteroatoms. The first kappa shape index (κ1) is 13.8. The SMILES string of the molecule is COCC(C)Oc1cc(F)ccc1C#CCCl. The van der Waals surface area contributed by atoms with Crippen LogP contribution in [0.3, 0.4) is 0 Å². The van der Waals surface area contributed by atoms with Gasteiger partial charge >= 0.3 is 0 Å². The van der Waals surface area contributed by atoms with E-state index in [1.807, 2.05) is 6.92 Å². The fourth-order valence-electron chi connectivity index (χ4n) is 1.31. The van der Waals surface area contributed by atoms with Gasteiger partial charge in [-0.3, -0.25) is 0 Å². The number of hydrogen-bond donors (Lipinski definition) is 0. The van der Waals surface area contributed by atoms with Gasteiger partial charge in [-0.1, -0.05) is 11.8 Å². The zero-order valence-electron chi connectivity index (χ0n) is 9.80. The average Bonchev–Trinajstić information content (AvgIpc) is 2.28. The molecule has 0 aliphatic rings. The fraction of sp³-hybridized carbons (Fsp3) is 0.385. The Morgan fingerprint density at radius 2 is 2.24 bits per heavy atom. The molecule has 1 atom stereocenters. The summed E-state index contributed by atoms with van der Waals surface area (Å²) in [6.45, 7) is 2.27. The van der Waals surface area contributed by atoms with Crippen LogP contribution in [-0.2, 0) is 4.74 Å². The largest absolute Gasteiger partial charge is 0.487 e. The Morgan fingerprint density at radius 1 is 1.47 bits per heavy atom. The Morgan fingerprint density at radius 3 is 2.88 bits per heavy atom. The van der Waals surface area contributed by atoms with Crippen molar-refractivity contribution in [1.82, 2.24) is 0 Å². The van der Waals surface area contributed by atoms with E-state index in [-0.39, 0.29) is 17.8 Å². The van der Waals surface area contributed by atoms with Gasteiger partial charge in [0.1, 0.15) is 17.7 Å². The third kappa shape index (κ3) is 4.64. The van der Waals surface area contributed by atoms with E-state index in [0.29, 0.717) is 17.9 Å². The molecule has 1 rings (SSSR count). The molecule has 0 fully saturated rings. The minimum absolute atomic E-state index is 0.168. The molecule has 2 nitrogen and oxygen atoms in total. The van der Waals surface area contributed by atoms with Crippen molar-refractivity contribution in [2.24, 2.45) is 0 Å². The van der Waals surface area contributed by atoms with Gasteiger partial charge in [0, 0.05) is 13.2 Å². The van der Waals surface area contributed by atoms with Crippen molar-refractivity contribution in [2.45, 2.75) is 13.0 Å². The fourth-order valence-corrected chi connectivity index (χ4v) is 1.38. The zero-order valence-corrected chi connectivity index (χ0v) is 10.6. The highest BCUT2D eigenvalue weighted by Crippen LogP contribution is 2.20. The van der Waals surface area contributed by atoms with Crippen LogP contribution in [-0.4, -0.2) is 25.7 Å². The van der Waals surface area contributed by atoms with Gasteiger partial charge < -0.3 is 9.47 Å². The van der Waals surface area contributed by atoms with E-state index in [4.69, 9.17) is 21.1 Å². The molecule has 17 heavy (non-hydrogen) atoms. The second kappa shape index (κ2) is 7.16. The number of ether oxygens (including phenoxy) is 2. The van der Waals surface area contributed by atoms with Crippen molar-refractivity contribution in [1.29, 1.82) is 0 Å². The third-order valence-electron chi connectivity index (χ3n) is 1.96. The number of alkyl halides is 1. The lowest BCUT2D eigenvalue weighted by Crippen LogP contribution is -2.18. The standard InChI is InChI=1S/C13H14ClFO2/c1-10(9-16-2)17-13-8-12(15)6-5-11(13)4-3-7-14/h5-6,8,10H,7,9H2,1-2H3. The first-order valence-electron chi connectivity index (χ1n) is 5.17. The Balaban J connectivity index is 2.90. The van der Waals surface area contributed by atoms with Gasteiger partial charge in [-0.05, 0) is 19.1 Å². The summed E-state index contributed by atoms with van der Waals surface area (Å²) in [6, 6.07) is 4.22. The molecule has 1 aromatic carbocycles. The van der Waals surface area contributed by atoms with Crippen molar-refractivity contribution in [3.8, 4) is 17.6 Å². The smallest absolute Gasteiger partial charge is 0.138 e. The molecule has 0 aromatic heterocycles. The molecule has 0 heterocycles. The predicted octanol–water partition coefficient (Wildman–Crippen LogP) is 2.83. The maximum atomic E-state index is 13.1. The first-order valence-corrected chi connectivity index (χ1v) is 5.70. The zero-order chi connectivity index (χ0) is 12.7. The van der Waals surface area contributed by atoms with Crippen LogP contribution < -0.4 is 4.74 Å². The van der Waals surface area contributed by atoms with Crippen LogP contribution in [0.25, 0.3) is 0 Å². The van der Waals surface area contributed by atoms with Crippen molar-refractivity contribution in [3.63, 3.8) is 0 Å². The summed E-state index contributed by atoms with van der Waals surface area (Å²) in [4.78, 5) is 0. The molecule has 0 amide bonds. The monoisotopic (exact) mass is 256 g/mol. The highest BCUT2D eigenvalue weighted by molar-refractivity contribution is 6.19. The predicted molar refractivity (Wildman–Crippen MR) is 66.0 cm³/mol. The molecule has 0 N–H and O–H groups in total. The Labute approximate surface area is 106 Å². The van der Waals surface area contributed by atoms with Crippen molar-refractivity contribution >= 4 is 11.6 Å². The second-order valence-electron chi connectivity index (χ2n) is 3.46. The third-order valence-corrected chi connectivity index (χ3v) is 2.10. The molecule has 1 unspecified atom stereocenters. The Bertz CT molecular complexity index is 423. The molecule has 0 saturated carbocycles. The summed E-state index contributed by atoms with van der Waals surface area (Å²) in [5.41, 5.74) is 0.620. The Hall–Kier alpha value is -1.24. The first-order chi connectivity index (χ1) is 8.17. The van der Waals surface area contributed by atoms with Crippen LogP contribution in [0.15, 0.2) is 18.2 Å². The molecule has 1 aromatic rings. The summed E-state index contributed by atoms with van der Waals surface area (Å²) in [5, 5.41) is 0. The second-order valence-corrected chi connectivity index (χ2v) is 3.73. The molecule has 0 spiro atoms. The van der Waals surface area contributed by atoms with Crippen LogP contribution in [0.2, 0.25) is 0 Å². The van der Waals surface area contributed by atoms with Gasteiger partial charge in [-0.2, -0.15) is 0 Å². The number of rotatable bonds is 4. The lowest BCUT2D eigenvalue weighted by atomic mass is 10.2. The summed E-state index contributed by atoms with van der Waals surface area (Å²) < 4.78 is 23.6. The number of benzene rings is 1. The van der Waals surface area contributed by atoms with Gasteiger partial charge in [-0.25, -0.2) is 4.39 Å². The van der Waals surface area contributed by atoms with E-state index in [2.05, 4.69) is 11.8 Å². The molecule has 0 radical (unpaired) electrons. The highest BCUT2D eigenvalue weighted by Gasteiger charge is 2.08. The van der Waals surface area contributed by atoms with Gasteiger partial charge in [0.05, 0.1) is 18.1 Å².